The summed E-state index contributed by atoms with van der Waals surface area (Å²) < 4.78 is 18.6. The zero-order chi connectivity index (χ0) is 16.0. The number of para-hydroxylation sites is 1. The van der Waals surface area contributed by atoms with Gasteiger partial charge in [0.1, 0.15) is 5.54 Å². The number of carboxylic acid groups (broad SMARTS) is 1. The van der Waals surface area contributed by atoms with Crippen LogP contribution in [0.5, 0.6) is 5.75 Å². The summed E-state index contributed by atoms with van der Waals surface area (Å²) in [4.78, 5) is 23.2. The molecule has 0 spiro atoms. The van der Waals surface area contributed by atoms with Gasteiger partial charge >= 0.3 is 5.97 Å². The van der Waals surface area contributed by atoms with Crippen molar-refractivity contribution in [2.24, 2.45) is 0 Å². The fourth-order valence-electron chi connectivity index (χ4n) is 2.68. The Kier molecular flexibility index (Phi) is 5.35. The molecule has 2 N–H and O–H groups in total. The molecule has 1 fully saturated rings. The van der Waals surface area contributed by atoms with E-state index in [1.807, 2.05) is 0 Å². The average Bonchev–Trinajstić information content (AvgIpc) is 2.95. The van der Waals surface area contributed by atoms with E-state index < -0.39 is 17.3 Å². The molecule has 1 aliphatic carbocycles. The largest absolute Gasteiger partial charge is 0.491 e. The number of amides is 1. The molecule has 1 aliphatic rings. The van der Waals surface area contributed by atoms with Crippen LogP contribution in [-0.2, 0) is 9.59 Å². The number of carboxylic acids is 1. The molecule has 1 amide bonds. The lowest BCUT2D eigenvalue weighted by molar-refractivity contribution is -0.147. The number of ether oxygens (including phenoxy) is 1. The number of benzene rings is 1. The number of carbonyl (C=O) groups excluding carboxylic acids is 1. The topological polar surface area (TPSA) is 75.6 Å². The van der Waals surface area contributed by atoms with Crippen LogP contribution in [-0.4, -0.2) is 29.1 Å². The molecule has 1 aromatic rings. The lowest BCUT2D eigenvalue weighted by Crippen LogP contribution is -2.52. The predicted octanol–water partition coefficient (Wildman–Crippen LogP) is 2.50. The van der Waals surface area contributed by atoms with Crippen molar-refractivity contribution in [3.8, 4) is 5.75 Å². The number of hydrogen-bond acceptors (Lipinski definition) is 3. The molecule has 5 nitrogen and oxygen atoms in total. The number of halogens is 1. The minimum absolute atomic E-state index is 0.153. The molecule has 0 radical (unpaired) electrons. The van der Waals surface area contributed by atoms with E-state index in [2.05, 4.69) is 5.32 Å². The molecule has 6 heteroatoms. The number of carbonyl (C=O) groups is 2. The lowest BCUT2D eigenvalue weighted by atomic mass is 9.97. The van der Waals surface area contributed by atoms with Gasteiger partial charge in [-0.25, -0.2) is 9.18 Å². The third-order valence-corrected chi connectivity index (χ3v) is 3.89. The standard InChI is InChI=1S/C16H20FNO4/c17-12-6-1-2-7-13(12)22-11-5-8-14(19)18-16(15(20)21)9-3-4-10-16/h1-2,6-7H,3-5,8-11H2,(H,18,19)(H,20,21). The summed E-state index contributed by atoms with van der Waals surface area (Å²) in [6.45, 7) is 0.203. The summed E-state index contributed by atoms with van der Waals surface area (Å²) in [6.07, 6.45) is 3.12. The van der Waals surface area contributed by atoms with Gasteiger partial charge in [0.25, 0.3) is 0 Å². The van der Waals surface area contributed by atoms with E-state index in [4.69, 9.17) is 4.74 Å². The minimum Gasteiger partial charge on any atom is -0.491 e. The second-order valence-corrected chi connectivity index (χ2v) is 5.52. The van der Waals surface area contributed by atoms with Gasteiger partial charge in [0, 0.05) is 6.42 Å². The van der Waals surface area contributed by atoms with Gasteiger partial charge in [-0.05, 0) is 31.4 Å². The van der Waals surface area contributed by atoms with Gasteiger partial charge in [-0.15, -0.1) is 0 Å². The number of aliphatic carboxylic acids is 1. The fraction of sp³-hybridized carbons (Fsp3) is 0.500. The summed E-state index contributed by atoms with van der Waals surface area (Å²) in [6, 6.07) is 6.07. The number of nitrogens with one attached hydrogen (secondary N) is 1. The van der Waals surface area contributed by atoms with E-state index >= 15 is 0 Å². The van der Waals surface area contributed by atoms with Gasteiger partial charge < -0.3 is 15.2 Å². The fourth-order valence-corrected chi connectivity index (χ4v) is 2.68. The quantitative estimate of drug-likeness (QED) is 0.759. The van der Waals surface area contributed by atoms with Crippen molar-refractivity contribution in [1.29, 1.82) is 0 Å². The van der Waals surface area contributed by atoms with Gasteiger partial charge in [-0.1, -0.05) is 25.0 Å². The van der Waals surface area contributed by atoms with E-state index in [1.54, 1.807) is 12.1 Å². The van der Waals surface area contributed by atoms with Crippen molar-refractivity contribution in [3.63, 3.8) is 0 Å². The van der Waals surface area contributed by atoms with Crippen molar-refractivity contribution in [2.45, 2.75) is 44.1 Å². The summed E-state index contributed by atoms with van der Waals surface area (Å²) in [5, 5.41) is 11.9. The van der Waals surface area contributed by atoms with Crippen molar-refractivity contribution in [2.75, 3.05) is 6.61 Å². The van der Waals surface area contributed by atoms with Gasteiger partial charge in [-0.3, -0.25) is 4.79 Å². The maximum Gasteiger partial charge on any atom is 0.329 e. The smallest absolute Gasteiger partial charge is 0.329 e. The van der Waals surface area contributed by atoms with Gasteiger partial charge in [0.05, 0.1) is 6.61 Å². The SMILES string of the molecule is O=C(CCCOc1ccccc1F)NC1(C(=O)O)CCCC1. The average molecular weight is 309 g/mol. The van der Waals surface area contributed by atoms with Gasteiger partial charge in [0.15, 0.2) is 11.6 Å². The Hall–Kier alpha value is -2.11. The summed E-state index contributed by atoms with van der Waals surface area (Å²) in [5.74, 6) is -1.56. The minimum atomic E-state index is -1.11. The normalized spacial score (nSPS) is 16.2. The summed E-state index contributed by atoms with van der Waals surface area (Å²) in [7, 11) is 0. The molecule has 22 heavy (non-hydrogen) atoms. The van der Waals surface area contributed by atoms with Gasteiger partial charge in [-0.2, -0.15) is 0 Å². The molecule has 120 valence electrons. The van der Waals surface area contributed by atoms with Crippen LogP contribution in [0, 0.1) is 5.82 Å². The van der Waals surface area contributed by atoms with E-state index in [0.29, 0.717) is 19.3 Å². The zero-order valence-electron chi connectivity index (χ0n) is 12.3. The lowest BCUT2D eigenvalue weighted by Gasteiger charge is -2.25. The molecule has 0 unspecified atom stereocenters. The molecular formula is C16H20FNO4. The highest BCUT2D eigenvalue weighted by atomic mass is 19.1. The molecule has 1 saturated carbocycles. The summed E-state index contributed by atoms with van der Waals surface area (Å²) >= 11 is 0. The van der Waals surface area contributed by atoms with Crippen LogP contribution < -0.4 is 10.1 Å². The Morgan fingerprint density at radius 3 is 2.59 bits per heavy atom. The monoisotopic (exact) mass is 309 g/mol. The first-order valence-electron chi connectivity index (χ1n) is 7.45. The zero-order valence-corrected chi connectivity index (χ0v) is 12.3. The highest BCUT2D eigenvalue weighted by Gasteiger charge is 2.42. The Balaban J connectivity index is 1.74. The molecule has 0 heterocycles. The predicted molar refractivity (Wildman–Crippen MR) is 78.1 cm³/mol. The van der Waals surface area contributed by atoms with Crippen LogP contribution in [0.4, 0.5) is 4.39 Å². The van der Waals surface area contributed by atoms with Crippen molar-refractivity contribution < 1.29 is 23.8 Å². The van der Waals surface area contributed by atoms with Crippen LogP contribution in [0.15, 0.2) is 24.3 Å². The third kappa shape index (κ3) is 3.96. The molecule has 1 aromatic carbocycles. The maximum atomic E-state index is 13.3. The molecular weight excluding hydrogens is 289 g/mol. The number of hydrogen-bond donors (Lipinski definition) is 2. The van der Waals surface area contributed by atoms with Crippen LogP contribution in [0.3, 0.4) is 0 Å². The maximum absolute atomic E-state index is 13.3. The van der Waals surface area contributed by atoms with E-state index in [0.717, 1.165) is 12.8 Å². The Morgan fingerprint density at radius 1 is 1.27 bits per heavy atom. The molecule has 0 atom stereocenters. The first-order valence-corrected chi connectivity index (χ1v) is 7.45. The van der Waals surface area contributed by atoms with Crippen LogP contribution in [0.2, 0.25) is 0 Å². The molecule has 2 rings (SSSR count). The van der Waals surface area contributed by atoms with Crippen molar-refractivity contribution in [1.82, 2.24) is 5.32 Å². The molecule has 0 aliphatic heterocycles. The highest BCUT2D eigenvalue weighted by Crippen LogP contribution is 2.30. The number of rotatable bonds is 7. The molecule has 0 saturated heterocycles. The van der Waals surface area contributed by atoms with E-state index in [1.165, 1.54) is 12.1 Å². The van der Waals surface area contributed by atoms with Crippen LogP contribution in [0.1, 0.15) is 38.5 Å². The van der Waals surface area contributed by atoms with E-state index in [-0.39, 0.29) is 24.7 Å². The van der Waals surface area contributed by atoms with E-state index in [9.17, 15) is 19.1 Å². The Morgan fingerprint density at radius 2 is 1.95 bits per heavy atom. The third-order valence-electron chi connectivity index (χ3n) is 3.89. The van der Waals surface area contributed by atoms with Crippen LogP contribution >= 0.6 is 0 Å². The first-order chi connectivity index (χ1) is 10.5. The summed E-state index contributed by atoms with van der Waals surface area (Å²) in [5.41, 5.74) is -1.11. The molecule has 0 aromatic heterocycles. The Labute approximate surface area is 128 Å². The highest BCUT2D eigenvalue weighted by molar-refractivity contribution is 5.87. The van der Waals surface area contributed by atoms with Crippen LogP contribution in [0.25, 0.3) is 0 Å². The van der Waals surface area contributed by atoms with Crippen molar-refractivity contribution in [3.05, 3.63) is 30.1 Å². The Bertz CT molecular complexity index is 541. The second-order valence-electron chi connectivity index (χ2n) is 5.52. The van der Waals surface area contributed by atoms with Gasteiger partial charge in [0.2, 0.25) is 5.91 Å². The van der Waals surface area contributed by atoms with Crippen molar-refractivity contribution >= 4 is 11.9 Å². The first kappa shape index (κ1) is 16.3. The molecule has 0 bridgehead atoms. The second kappa shape index (κ2) is 7.24.